The number of hydrogen-bond acceptors (Lipinski definition) is 1. The smallest absolute Gasteiger partial charge is 0.223 e. The Bertz CT molecular complexity index is 272. The van der Waals surface area contributed by atoms with Gasteiger partial charge in [-0.3, -0.25) is 4.79 Å². The first-order valence-electron chi connectivity index (χ1n) is 6.26. The zero-order valence-corrected chi connectivity index (χ0v) is 10.3. The van der Waals surface area contributed by atoms with Gasteiger partial charge < -0.3 is 5.32 Å². The van der Waals surface area contributed by atoms with E-state index in [1.54, 1.807) is 0 Å². The van der Waals surface area contributed by atoms with E-state index >= 15 is 0 Å². The second-order valence-electron chi connectivity index (χ2n) is 5.96. The number of hydrogen-bond donors (Lipinski definition) is 1. The van der Waals surface area contributed by atoms with Gasteiger partial charge in [0.05, 0.1) is 0 Å². The Hall–Kier alpha value is -0.530. The lowest BCUT2D eigenvalue weighted by Crippen LogP contribution is -2.57. The topological polar surface area (TPSA) is 29.1 Å². The highest BCUT2D eigenvalue weighted by Gasteiger charge is 2.57. The summed E-state index contributed by atoms with van der Waals surface area (Å²) in [6.07, 6.45) is 2.46. The van der Waals surface area contributed by atoms with Crippen LogP contribution in [0.2, 0.25) is 0 Å². The lowest BCUT2D eigenvalue weighted by molar-refractivity contribution is -0.153. The summed E-state index contributed by atoms with van der Waals surface area (Å²) in [5.74, 6) is 2.68. The molecule has 86 valence electrons. The molecular formula is C13H23NO. The van der Waals surface area contributed by atoms with Crippen LogP contribution in [0.25, 0.3) is 0 Å². The molecule has 0 spiro atoms. The van der Waals surface area contributed by atoms with Crippen LogP contribution < -0.4 is 5.32 Å². The first-order valence-corrected chi connectivity index (χ1v) is 6.26. The Morgan fingerprint density at radius 1 is 1.40 bits per heavy atom. The monoisotopic (exact) mass is 209 g/mol. The van der Waals surface area contributed by atoms with Gasteiger partial charge in [-0.1, -0.05) is 20.8 Å². The minimum atomic E-state index is 0.279. The summed E-state index contributed by atoms with van der Waals surface area (Å²) in [6, 6.07) is 0. The SMILES string of the molecule is CCNC(=O)C1CC2CC(C1C)C2(C)C. The summed E-state index contributed by atoms with van der Waals surface area (Å²) >= 11 is 0. The predicted molar refractivity (Wildman–Crippen MR) is 61.3 cm³/mol. The maximum absolute atomic E-state index is 11.9. The van der Waals surface area contributed by atoms with Gasteiger partial charge in [-0.05, 0) is 42.9 Å². The fourth-order valence-electron chi connectivity index (χ4n) is 3.80. The van der Waals surface area contributed by atoms with Crippen LogP contribution in [0.1, 0.15) is 40.5 Å². The summed E-state index contributed by atoms with van der Waals surface area (Å²) in [6.45, 7) is 9.77. The van der Waals surface area contributed by atoms with Crippen molar-refractivity contribution < 1.29 is 4.79 Å². The predicted octanol–water partition coefficient (Wildman–Crippen LogP) is 2.44. The third-order valence-corrected chi connectivity index (χ3v) is 5.04. The third-order valence-electron chi connectivity index (χ3n) is 5.04. The molecule has 0 radical (unpaired) electrons. The molecule has 3 saturated carbocycles. The Morgan fingerprint density at radius 2 is 2.07 bits per heavy atom. The quantitative estimate of drug-likeness (QED) is 0.743. The number of rotatable bonds is 2. The highest BCUT2D eigenvalue weighted by Crippen LogP contribution is 2.62. The van der Waals surface area contributed by atoms with Gasteiger partial charge in [-0.25, -0.2) is 0 Å². The van der Waals surface area contributed by atoms with Crippen molar-refractivity contribution in [2.75, 3.05) is 6.54 Å². The van der Waals surface area contributed by atoms with E-state index in [1.807, 2.05) is 6.92 Å². The molecule has 0 aromatic carbocycles. The molecule has 15 heavy (non-hydrogen) atoms. The second-order valence-corrected chi connectivity index (χ2v) is 5.96. The molecule has 3 rings (SSSR count). The molecule has 3 fully saturated rings. The molecule has 2 heteroatoms. The highest BCUT2D eigenvalue weighted by atomic mass is 16.1. The molecule has 1 N–H and O–H groups in total. The Morgan fingerprint density at radius 3 is 2.53 bits per heavy atom. The lowest BCUT2D eigenvalue weighted by atomic mass is 9.43. The van der Waals surface area contributed by atoms with E-state index in [1.165, 1.54) is 6.42 Å². The molecule has 0 aliphatic heterocycles. The van der Waals surface area contributed by atoms with Crippen LogP contribution in [-0.2, 0) is 4.79 Å². The fourth-order valence-corrected chi connectivity index (χ4v) is 3.80. The van der Waals surface area contributed by atoms with Crippen molar-refractivity contribution in [2.45, 2.75) is 40.5 Å². The van der Waals surface area contributed by atoms with Crippen molar-refractivity contribution in [1.82, 2.24) is 5.32 Å². The zero-order chi connectivity index (χ0) is 11.2. The number of fused-ring (bicyclic) bond motifs is 2. The van der Waals surface area contributed by atoms with Gasteiger partial charge in [0.15, 0.2) is 0 Å². The molecule has 4 atom stereocenters. The highest BCUT2D eigenvalue weighted by molar-refractivity contribution is 5.79. The van der Waals surface area contributed by atoms with Crippen LogP contribution in [-0.4, -0.2) is 12.5 Å². The van der Waals surface area contributed by atoms with Gasteiger partial charge in [0.25, 0.3) is 0 Å². The van der Waals surface area contributed by atoms with E-state index in [9.17, 15) is 4.79 Å². The molecule has 3 aliphatic rings. The maximum atomic E-state index is 11.9. The summed E-state index contributed by atoms with van der Waals surface area (Å²) in [7, 11) is 0. The van der Waals surface area contributed by atoms with Crippen molar-refractivity contribution in [2.24, 2.45) is 29.1 Å². The van der Waals surface area contributed by atoms with Crippen molar-refractivity contribution in [3.8, 4) is 0 Å². The molecule has 1 amide bonds. The first-order chi connectivity index (χ1) is 6.98. The van der Waals surface area contributed by atoms with E-state index < -0.39 is 0 Å². The molecule has 3 aliphatic carbocycles. The van der Waals surface area contributed by atoms with Gasteiger partial charge in [-0.15, -0.1) is 0 Å². The summed E-state index contributed by atoms with van der Waals surface area (Å²) in [5, 5.41) is 2.98. The van der Waals surface area contributed by atoms with Crippen LogP contribution in [0.4, 0.5) is 0 Å². The number of nitrogens with one attached hydrogen (secondary N) is 1. The third kappa shape index (κ3) is 1.49. The van der Waals surface area contributed by atoms with Crippen LogP contribution >= 0.6 is 0 Å². The average molecular weight is 209 g/mol. The van der Waals surface area contributed by atoms with Crippen molar-refractivity contribution in [1.29, 1.82) is 0 Å². The van der Waals surface area contributed by atoms with Crippen LogP contribution in [0.15, 0.2) is 0 Å². The van der Waals surface area contributed by atoms with Gasteiger partial charge >= 0.3 is 0 Å². The average Bonchev–Trinajstić information content (AvgIpc) is 2.17. The van der Waals surface area contributed by atoms with Gasteiger partial charge in [-0.2, -0.15) is 0 Å². The fraction of sp³-hybridized carbons (Fsp3) is 0.923. The minimum absolute atomic E-state index is 0.279. The molecule has 2 bridgehead atoms. The Labute approximate surface area is 92.8 Å². The van der Waals surface area contributed by atoms with Gasteiger partial charge in [0, 0.05) is 12.5 Å². The number of carbonyl (C=O) groups excluding carboxylic acids is 1. The standard InChI is InChI=1S/C13H23NO/c1-5-14-12(15)10-6-9-7-11(8(10)2)13(9,3)4/h8-11H,5-7H2,1-4H3,(H,14,15). The minimum Gasteiger partial charge on any atom is -0.356 e. The van der Waals surface area contributed by atoms with E-state index in [4.69, 9.17) is 0 Å². The van der Waals surface area contributed by atoms with Crippen LogP contribution in [0.3, 0.4) is 0 Å². The number of amides is 1. The van der Waals surface area contributed by atoms with Gasteiger partial charge in [0.1, 0.15) is 0 Å². The summed E-state index contributed by atoms with van der Waals surface area (Å²) in [4.78, 5) is 11.9. The number of carbonyl (C=O) groups is 1. The summed E-state index contributed by atoms with van der Waals surface area (Å²) < 4.78 is 0. The van der Waals surface area contributed by atoms with Gasteiger partial charge in [0.2, 0.25) is 5.91 Å². The molecule has 0 aromatic heterocycles. The molecule has 2 nitrogen and oxygen atoms in total. The lowest BCUT2D eigenvalue weighted by Gasteiger charge is -2.61. The van der Waals surface area contributed by atoms with Crippen molar-refractivity contribution in [3.63, 3.8) is 0 Å². The van der Waals surface area contributed by atoms with Crippen molar-refractivity contribution >= 4 is 5.91 Å². The Balaban J connectivity index is 2.05. The molecule has 0 heterocycles. The second kappa shape index (κ2) is 3.50. The molecule has 4 unspecified atom stereocenters. The maximum Gasteiger partial charge on any atom is 0.223 e. The summed E-state index contributed by atoms with van der Waals surface area (Å²) in [5.41, 5.74) is 0.489. The van der Waals surface area contributed by atoms with E-state index in [0.717, 1.165) is 24.8 Å². The van der Waals surface area contributed by atoms with E-state index in [-0.39, 0.29) is 11.8 Å². The van der Waals surface area contributed by atoms with E-state index in [2.05, 4.69) is 26.1 Å². The zero-order valence-electron chi connectivity index (χ0n) is 10.3. The first kappa shape index (κ1) is 11.0. The van der Waals surface area contributed by atoms with Crippen molar-refractivity contribution in [3.05, 3.63) is 0 Å². The van der Waals surface area contributed by atoms with Crippen LogP contribution in [0.5, 0.6) is 0 Å². The largest absolute Gasteiger partial charge is 0.356 e. The molecule has 0 saturated heterocycles. The Kier molecular flexibility index (Phi) is 2.56. The molecular weight excluding hydrogens is 186 g/mol. The van der Waals surface area contributed by atoms with Crippen LogP contribution in [0, 0.1) is 29.1 Å². The molecule has 0 aromatic rings. The van der Waals surface area contributed by atoms with E-state index in [0.29, 0.717) is 11.3 Å². The normalized spacial score (nSPS) is 41.9.